The Labute approximate surface area is 154 Å². The topological polar surface area (TPSA) is 59.9 Å². The molecule has 0 radical (unpaired) electrons. The zero-order chi connectivity index (χ0) is 19.5. The van der Waals surface area contributed by atoms with Crippen molar-refractivity contribution >= 4 is 29.0 Å². The first-order valence-electron chi connectivity index (χ1n) is 7.01. The Morgan fingerprint density at radius 1 is 1.19 bits per heavy atom. The molecule has 26 heavy (non-hydrogen) atoms. The van der Waals surface area contributed by atoms with Crippen LogP contribution in [0.15, 0.2) is 18.6 Å². The highest BCUT2D eigenvalue weighted by molar-refractivity contribution is 6.33. The molecule has 2 rings (SSSR count). The molecule has 12 heteroatoms. The number of alkyl halides is 5. The van der Waals surface area contributed by atoms with Gasteiger partial charge in [0.2, 0.25) is 5.88 Å². The molecule has 2 aromatic heterocycles. The summed E-state index contributed by atoms with van der Waals surface area (Å²) in [4.78, 5) is 10.7. The van der Waals surface area contributed by atoms with Crippen molar-refractivity contribution in [2.45, 2.75) is 25.6 Å². The fourth-order valence-corrected chi connectivity index (χ4v) is 2.26. The van der Waals surface area contributed by atoms with Gasteiger partial charge in [-0.1, -0.05) is 23.2 Å². The third-order valence-corrected chi connectivity index (χ3v) is 3.67. The molecular weight excluding hydrogens is 406 g/mol. The highest BCUT2D eigenvalue weighted by Gasteiger charge is 2.32. The van der Waals surface area contributed by atoms with Crippen LogP contribution < -0.4 is 10.1 Å². The van der Waals surface area contributed by atoms with E-state index in [0.29, 0.717) is 12.3 Å². The normalized spacial score (nSPS) is 13.0. The molecule has 0 amide bonds. The van der Waals surface area contributed by atoms with Crippen molar-refractivity contribution in [1.82, 2.24) is 15.0 Å². The molecule has 0 spiro atoms. The molecule has 2 heterocycles. The maximum atomic E-state index is 12.7. The molecule has 2 aromatic rings. The van der Waals surface area contributed by atoms with Gasteiger partial charge in [-0.15, -0.1) is 0 Å². The summed E-state index contributed by atoms with van der Waals surface area (Å²) in [5, 5.41) is 2.04. The molecule has 1 N–H and O–H groups in total. The van der Waals surface area contributed by atoms with E-state index in [1.807, 2.05) is 0 Å². The number of nitrogens with one attached hydrogen (secondary N) is 1. The Balaban J connectivity index is 2.02. The van der Waals surface area contributed by atoms with Crippen LogP contribution in [-0.4, -0.2) is 27.6 Å². The Bertz CT molecular complexity index is 775. The molecule has 0 saturated carbocycles. The average molecular weight is 417 g/mol. The van der Waals surface area contributed by atoms with Gasteiger partial charge >= 0.3 is 6.18 Å². The third kappa shape index (κ3) is 5.04. The number of ether oxygens (including phenoxy) is 1. The lowest BCUT2D eigenvalue weighted by molar-refractivity contribution is -0.137. The van der Waals surface area contributed by atoms with Crippen molar-refractivity contribution in [2.24, 2.45) is 0 Å². The SMILES string of the molecule is C[C@@H](CNc1ncnc(C(F)F)c1Cl)Oc1ncc(C(F)(F)F)cc1Cl. The summed E-state index contributed by atoms with van der Waals surface area (Å²) in [7, 11) is 0. The number of anilines is 1. The van der Waals surface area contributed by atoms with Gasteiger partial charge in [-0.3, -0.25) is 0 Å². The van der Waals surface area contributed by atoms with Gasteiger partial charge in [0, 0.05) is 6.20 Å². The number of hydrogen-bond donors (Lipinski definition) is 1. The Morgan fingerprint density at radius 2 is 1.88 bits per heavy atom. The van der Waals surface area contributed by atoms with Crippen molar-refractivity contribution in [3.63, 3.8) is 0 Å². The second kappa shape index (κ2) is 8.17. The molecule has 0 aliphatic rings. The summed E-state index contributed by atoms with van der Waals surface area (Å²) in [6.07, 6.45) is -6.56. The molecule has 0 aromatic carbocycles. The van der Waals surface area contributed by atoms with E-state index in [1.54, 1.807) is 6.92 Å². The largest absolute Gasteiger partial charge is 0.472 e. The molecule has 0 fully saturated rings. The van der Waals surface area contributed by atoms with Gasteiger partial charge in [-0.05, 0) is 13.0 Å². The maximum absolute atomic E-state index is 12.7. The zero-order valence-electron chi connectivity index (χ0n) is 13.0. The number of pyridine rings is 1. The molecular formula is C14H11Cl2F5N4O. The second-order valence-electron chi connectivity index (χ2n) is 5.04. The summed E-state index contributed by atoms with van der Waals surface area (Å²) < 4.78 is 68.5. The molecule has 0 saturated heterocycles. The quantitative estimate of drug-likeness (QED) is 0.670. The minimum atomic E-state index is -4.57. The number of rotatable bonds is 6. The maximum Gasteiger partial charge on any atom is 0.417 e. The zero-order valence-corrected chi connectivity index (χ0v) is 14.5. The lowest BCUT2D eigenvalue weighted by atomic mass is 10.3. The fourth-order valence-electron chi connectivity index (χ4n) is 1.80. The predicted octanol–water partition coefficient (Wildman–Crippen LogP) is 5.01. The molecule has 1 atom stereocenters. The van der Waals surface area contributed by atoms with Crippen molar-refractivity contribution in [2.75, 3.05) is 11.9 Å². The first-order chi connectivity index (χ1) is 12.1. The molecule has 0 aliphatic heterocycles. The van der Waals surface area contributed by atoms with Crippen LogP contribution in [0, 0.1) is 0 Å². The number of halogens is 7. The van der Waals surface area contributed by atoms with Gasteiger partial charge in [0.1, 0.15) is 34.0 Å². The summed E-state index contributed by atoms with van der Waals surface area (Å²) >= 11 is 11.5. The van der Waals surface area contributed by atoms with E-state index in [1.165, 1.54) is 0 Å². The van der Waals surface area contributed by atoms with Gasteiger partial charge < -0.3 is 10.1 Å². The van der Waals surface area contributed by atoms with Crippen LogP contribution in [0.5, 0.6) is 5.88 Å². The Hall–Kier alpha value is -1.94. The Kier molecular flexibility index (Phi) is 6.40. The standard InChI is InChI=1S/C14H11Cl2F5N4O/c1-6(3-22-12-9(16)10(11(17)18)24-5-25-12)26-13-8(15)2-7(4-23-13)14(19,20)21/h2,4-6,11H,3H2,1H3,(H,22,24,25)/t6-/m0/s1. The van der Waals surface area contributed by atoms with Gasteiger partial charge in [-0.25, -0.2) is 23.7 Å². The van der Waals surface area contributed by atoms with E-state index < -0.39 is 30.0 Å². The average Bonchev–Trinajstić information content (AvgIpc) is 2.54. The van der Waals surface area contributed by atoms with Crippen LogP contribution in [0.4, 0.5) is 27.8 Å². The number of hydrogen-bond acceptors (Lipinski definition) is 5. The van der Waals surface area contributed by atoms with Crippen LogP contribution >= 0.6 is 23.2 Å². The van der Waals surface area contributed by atoms with Gasteiger partial charge in [0.05, 0.1) is 12.1 Å². The first-order valence-corrected chi connectivity index (χ1v) is 7.77. The molecule has 142 valence electrons. The van der Waals surface area contributed by atoms with E-state index in [2.05, 4.69) is 20.3 Å². The summed E-state index contributed by atoms with van der Waals surface area (Å²) in [6.45, 7) is 1.60. The molecule has 0 aliphatic carbocycles. The van der Waals surface area contributed by atoms with Crippen molar-refractivity contribution in [3.05, 3.63) is 39.9 Å². The van der Waals surface area contributed by atoms with E-state index >= 15 is 0 Å². The molecule has 0 unspecified atom stereocenters. The van der Waals surface area contributed by atoms with Crippen LogP contribution in [0.2, 0.25) is 10.0 Å². The van der Waals surface area contributed by atoms with Gasteiger partial charge in [-0.2, -0.15) is 13.2 Å². The fraction of sp³-hybridized carbons (Fsp3) is 0.357. The molecule has 0 bridgehead atoms. The first kappa shape index (κ1) is 20.4. The van der Waals surface area contributed by atoms with Gasteiger partial charge in [0.15, 0.2) is 0 Å². The minimum Gasteiger partial charge on any atom is -0.472 e. The van der Waals surface area contributed by atoms with E-state index in [9.17, 15) is 22.0 Å². The van der Waals surface area contributed by atoms with Crippen molar-refractivity contribution in [1.29, 1.82) is 0 Å². The third-order valence-electron chi connectivity index (χ3n) is 3.03. The number of aromatic nitrogens is 3. The lowest BCUT2D eigenvalue weighted by Gasteiger charge is -2.17. The highest BCUT2D eigenvalue weighted by Crippen LogP contribution is 2.33. The van der Waals surface area contributed by atoms with Gasteiger partial charge in [0.25, 0.3) is 6.43 Å². The van der Waals surface area contributed by atoms with Crippen LogP contribution in [0.1, 0.15) is 24.6 Å². The Morgan fingerprint density at radius 3 is 2.46 bits per heavy atom. The van der Waals surface area contributed by atoms with E-state index in [-0.39, 0.29) is 28.3 Å². The van der Waals surface area contributed by atoms with Crippen LogP contribution in [0.3, 0.4) is 0 Å². The highest BCUT2D eigenvalue weighted by atomic mass is 35.5. The summed E-state index contributed by atoms with van der Waals surface area (Å²) in [5.74, 6) is -0.227. The van der Waals surface area contributed by atoms with Crippen molar-refractivity contribution in [3.8, 4) is 5.88 Å². The van der Waals surface area contributed by atoms with E-state index in [0.717, 1.165) is 6.33 Å². The smallest absolute Gasteiger partial charge is 0.417 e. The predicted molar refractivity (Wildman–Crippen MR) is 84.8 cm³/mol. The van der Waals surface area contributed by atoms with Crippen molar-refractivity contribution < 1.29 is 26.7 Å². The minimum absolute atomic E-state index is 0.0288. The summed E-state index contributed by atoms with van der Waals surface area (Å²) in [5.41, 5.74) is -1.63. The monoisotopic (exact) mass is 416 g/mol. The molecule has 5 nitrogen and oxygen atoms in total. The number of nitrogens with zero attached hydrogens (tertiary/aromatic N) is 3. The van der Waals surface area contributed by atoms with Crippen LogP contribution in [-0.2, 0) is 6.18 Å². The van der Waals surface area contributed by atoms with E-state index in [4.69, 9.17) is 27.9 Å². The lowest BCUT2D eigenvalue weighted by Crippen LogP contribution is -2.24. The summed E-state index contributed by atoms with van der Waals surface area (Å²) in [6, 6.07) is 0.695. The van der Waals surface area contributed by atoms with Crippen LogP contribution in [0.25, 0.3) is 0 Å². The second-order valence-corrected chi connectivity index (χ2v) is 5.83.